The zero-order valence-corrected chi connectivity index (χ0v) is 7.84. The van der Waals surface area contributed by atoms with E-state index in [9.17, 15) is 5.11 Å². The minimum absolute atomic E-state index is 0.170. The van der Waals surface area contributed by atoms with Crippen LogP contribution in [0.4, 0.5) is 0 Å². The first-order chi connectivity index (χ1) is 6.20. The van der Waals surface area contributed by atoms with Crippen LogP contribution in [0.25, 0.3) is 10.9 Å². The lowest BCUT2D eigenvalue weighted by molar-refractivity contribution is 0.480. The molecule has 0 radical (unpaired) electrons. The number of phenolic OH excluding ortho intramolecular Hbond substituents is 1. The number of nitrogens with zero attached hydrogens (tertiary/aromatic N) is 1. The lowest BCUT2D eigenvalue weighted by atomic mass is 10.1. The van der Waals surface area contributed by atoms with Crippen molar-refractivity contribution in [1.29, 1.82) is 0 Å². The van der Waals surface area contributed by atoms with Gasteiger partial charge in [-0.2, -0.15) is 0 Å². The summed E-state index contributed by atoms with van der Waals surface area (Å²) in [6.07, 6.45) is 1.66. The Bertz CT molecular complexity index is 459. The van der Waals surface area contributed by atoms with E-state index in [0.29, 0.717) is 10.5 Å². The first kappa shape index (κ1) is 8.32. The average molecular weight is 194 g/mol. The first-order valence-corrected chi connectivity index (χ1v) is 4.31. The number of hydrogen-bond acceptors (Lipinski definition) is 2. The highest BCUT2D eigenvalue weighted by Crippen LogP contribution is 2.30. The van der Waals surface area contributed by atoms with Crippen molar-refractivity contribution in [3.8, 4) is 5.75 Å². The number of rotatable bonds is 0. The van der Waals surface area contributed by atoms with Crippen molar-refractivity contribution in [3.05, 3.63) is 35.0 Å². The summed E-state index contributed by atoms with van der Waals surface area (Å²) in [5, 5.41) is 10.9. The number of aromatic nitrogens is 1. The molecule has 0 unspecified atom stereocenters. The molecular weight excluding hydrogens is 186 g/mol. The third-order valence-corrected chi connectivity index (χ3v) is 2.34. The molecule has 0 spiro atoms. The summed E-state index contributed by atoms with van der Waals surface area (Å²) in [6, 6.07) is 5.10. The number of pyridine rings is 1. The summed E-state index contributed by atoms with van der Waals surface area (Å²) in [5.74, 6) is 0.170. The molecule has 13 heavy (non-hydrogen) atoms. The van der Waals surface area contributed by atoms with E-state index >= 15 is 0 Å². The monoisotopic (exact) mass is 193 g/mol. The molecule has 1 aromatic heterocycles. The quantitative estimate of drug-likeness (QED) is 0.698. The smallest absolute Gasteiger partial charge is 0.141 e. The van der Waals surface area contributed by atoms with Crippen molar-refractivity contribution in [3.63, 3.8) is 0 Å². The van der Waals surface area contributed by atoms with Crippen LogP contribution >= 0.6 is 11.6 Å². The molecule has 0 saturated heterocycles. The second kappa shape index (κ2) is 2.89. The van der Waals surface area contributed by atoms with Crippen molar-refractivity contribution >= 4 is 22.5 Å². The fourth-order valence-corrected chi connectivity index (χ4v) is 1.67. The van der Waals surface area contributed by atoms with Crippen LogP contribution in [0.2, 0.25) is 5.02 Å². The van der Waals surface area contributed by atoms with Crippen molar-refractivity contribution < 1.29 is 5.11 Å². The zero-order chi connectivity index (χ0) is 9.42. The van der Waals surface area contributed by atoms with E-state index in [-0.39, 0.29) is 5.75 Å². The number of halogens is 1. The van der Waals surface area contributed by atoms with Gasteiger partial charge in [-0.3, -0.25) is 4.98 Å². The maximum Gasteiger partial charge on any atom is 0.141 e. The van der Waals surface area contributed by atoms with E-state index in [2.05, 4.69) is 4.98 Å². The van der Waals surface area contributed by atoms with E-state index in [4.69, 9.17) is 11.6 Å². The Morgan fingerprint density at radius 3 is 2.77 bits per heavy atom. The molecular formula is C10H8ClNO. The Morgan fingerprint density at radius 1 is 1.31 bits per heavy atom. The number of phenols is 1. The van der Waals surface area contributed by atoms with Gasteiger partial charge in [0.1, 0.15) is 11.3 Å². The molecule has 2 rings (SSSR count). The minimum Gasteiger partial charge on any atom is -0.506 e. The van der Waals surface area contributed by atoms with Crippen LogP contribution < -0.4 is 0 Å². The van der Waals surface area contributed by atoms with Crippen LogP contribution in [-0.4, -0.2) is 10.1 Å². The molecule has 0 bridgehead atoms. The van der Waals surface area contributed by atoms with Crippen LogP contribution in [0.5, 0.6) is 5.75 Å². The lowest BCUT2D eigenvalue weighted by Gasteiger charge is -2.04. The molecule has 0 amide bonds. The largest absolute Gasteiger partial charge is 0.506 e. The second-order valence-electron chi connectivity index (χ2n) is 2.92. The molecule has 1 N–H and O–H groups in total. The predicted molar refractivity (Wildman–Crippen MR) is 53.2 cm³/mol. The Balaban J connectivity index is 3.00. The predicted octanol–water partition coefficient (Wildman–Crippen LogP) is 2.90. The number of aryl methyl sites for hydroxylation is 1. The Hall–Kier alpha value is -1.28. The number of hydrogen-bond donors (Lipinski definition) is 1. The Labute approximate surface area is 80.8 Å². The van der Waals surface area contributed by atoms with Crippen molar-refractivity contribution in [2.24, 2.45) is 0 Å². The van der Waals surface area contributed by atoms with Gasteiger partial charge in [0.25, 0.3) is 0 Å². The maximum absolute atomic E-state index is 9.50. The molecule has 0 saturated carbocycles. The van der Waals surface area contributed by atoms with E-state index in [0.717, 1.165) is 10.9 Å². The SMILES string of the molecule is Cc1ccnc2c(O)ccc(Cl)c12. The van der Waals surface area contributed by atoms with Gasteiger partial charge in [0.2, 0.25) is 0 Å². The first-order valence-electron chi connectivity index (χ1n) is 3.93. The summed E-state index contributed by atoms with van der Waals surface area (Å²) in [5.41, 5.74) is 1.58. The molecule has 0 aliphatic carbocycles. The van der Waals surface area contributed by atoms with Crippen LogP contribution in [0.1, 0.15) is 5.56 Å². The van der Waals surface area contributed by atoms with Gasteiger partial charge in [-0.05, 0) is 30.7 Å². The molecule has 1 heterocycles. The molecule has 0 aliphatic heterocycles. The lowest BCUT2D eigenvalue weighted by Crippen LogP contribution is -1.83. The maximum atomic E-state index is 9.50. The Kier molecular flexibility index (Phi) is 1.85. The van der Waals surface area contributed by atoms with Gasteiger partial charge in [-0.25, -0.2) is 0 Å². The number of benzene rings is 1. The van der Waals surface area contributed by atoms with Crippen molar-refractivity contribution in [2.75, 3.05) is 0 Å². The highest BCUT2D eigenvalue weighted by atomic mass is 35.5. The van der Waals surface area contributed by atoms with Gasteiger partial charge in [-0.1, -0.05) is 11.6 Å². The fourth-order valence-electron chi connectivity index (χ4n) is 1.37. The van der Waals surface area contributed by atoms with E-state index in [1.54, 1.807) is 18.3 Å². The average Bonchev–Trinajstić information content (AvgIpc) is 2.12. The second-order valence-corrected chi connectivity index (χ2v) is 3.33. The summed E-state index contributed by atoms with van der Waals surface area (Å²) < 4.78 is 0. The van der Waals surface area contributed by atoms with Gasteiger partial charge >= 0.3 is 0 Å². The van der Waals surface area contributed by atoms with Gasteiger partial charge < -0.3 is 5.11 Å². The van der Waals surface area contributed by atoms with Crippen LogP contribution in [0.3, 0.4) is 0 Å². The zero-order valence-electron chi connectivity index (χ0n) is 7.08. The topological polar surface area (TPSA) is 33.1 Å². The molecule has 1 aromatic carbocycles. The van der Waals surface area contributed by atoms with E-state index in [1.165, 1.54) is 0 Å². The normalized spacial score (nSPS) is 10.6. The highest BCUT2D eigenvalue weighted by molar-refractivity contribution is 6.35. The van der Waals surface area contributed by atoms with Crippen LogP contribution in [0, 0.1) is 6.92 Å². The molecule has 2 aromatic rings. The number of aromatic hydroxyl groups is 1. The molecule has 0 atom stereocenters. The molecule has 3 heteroatoms. The third kappa shape index (κ3) is 1.23. The van der Waals surface area contributed by atoms with Gasteiger partial charge in [-0.15, -0.1) is 0 Å². The fraction of sp³-hybridized carbons (Fsp3) is 0.100. The summed E-state index contributed by atoms with van der Waals surface area (Å²) in [7, 11) is 0. The van der Waals surface area contributed by atoms with Gasteiger partial charge in [0.05, 0.1) is 5.02 Å². The summed E-state index contributed by atoms with van der Waals surface area (Å²) in [4.78, 5) is 4.07. The highest BCUT2D eigenvalue weighted by Gasteiger charge is 2.06. The van der Waals surface area contributed by atoms with Gasteiger partial charge in [0.15, 0.2) is 0 Å². The molecule has 0 aliphatic rings. The van der Waals surface area contributed by atoms with Crippen LogP contribution in [0.15, 0.2) is 24.4 Å². The Morgan fingerprint density at radius 2 is 2.08 bits per heavy atom. The van der Waals surface area contributed by atoms with E-state index in [1.807, 2.05) is 13.0 Å². The molecule has 66 valence electrons. The van der Waals surface area contributed by atoms with Gasteiger partial charge in [0, 0.05) is 11.6 Å². The molecule has 0 fully saturated rings. The van der Waals surface area contributed by atoms with E-state index < -0.39 is 0 Å². The van der Waals surface area contributed by atoms with Crippen LogP contribution in [-0.2, 0) is 0 Å². The summed E-state index contributed by atoms with van der Waals surface area (Å²) >= 11 is 5.98. The summed E-state index contributed by atoms with van der Waals surface area (Å²) in [6.45, 7) is 1.94. The standard InChI is InChI=1S/C10H8ClNO/c1-6-4-5-12-10-8(13)3-2-7(11)9(6)10/h2-5,13H,1H3. The third-order valence-electron chi connectivity index (χ3n) is 2.03. The minimum atomic E-state index is 0.170. The van der Waals surface area contributed by atoms with Crippen molar-refractivity contribution in [2.45, 2.75) is 6.92 Å². The number of fused-ring (bicyclic) bond motifs is 1. The van der Waals surface area contributed by atoms with Crippen molar-refractivity contribution in [1.82, 2.24) is 4.98 Å². The molecule has 2 nitrogen and oxygen atoms in total.